The van der Waals surface area contributed by atoms with E-state index >= 15 is 0 Å². The summed E-state index contributed by atoms with van der Waals surface area (Å²) >= 11 is 0. The molecule has 2 nitrogen and oxygen atoms in total. The zero-order valence-corrected chi connectivity index (χ0v) is 11.4. The molecule has 0 N–H and O–H groups in total. The Morgan fingerprint density at radius 2 is 1.59 bits per heavy atom. The summed E-state index contributed by atoms with van der Waals surface area (Å²) in [6.45, 7) is 7.88. The summed E-state index contributed by atoms with van der Waals surface area (Å²) in [5.41, 5.74) is 0. The maximum atomic E-state index is 2.84. The van der Waals surface area contributed by atoms with Gasteiger partial charge in [-0.2, -0.15) is 0 Å². The Bertz CT molecular complexity index is 253. The van der Waals surface area contributed by atoms with Crippen LogP contribution >= 0.6 is 0 Å². The molecule has 1 saturated carbocycles. The third kappa shape index (κ3) is 2.68. The molecular weight excluding hydrogens is 208 g/mol. The van der Waals surface area contributed by atoms with Crippen LogP contribution in [0.2, 0.25) is 0 Å². The average molecular weight is 236 g/mol. The first kappa shape index (κ1) is 12.0. The van der Waals surface area contributed by atoms with Gasteiger partial charge in [-0.15, -0.1) is 0 Å². The van der Waals surface area contributed by atoms with Crippen LogP contribution in [-0.4, -0.2) is 48.1 Å². The minimum atomic E-state index is 0.898. The van der Waals surface area contributed by atoms with Crippen molar-refractivity contribution in [1.29, 1.82) is 0 Å². The first-order chi connectivity index (χ1) is 8.33. The van der Waals surface area contributed by atoms with Gasteiger partial charge >= 0.3 is 0 Å². The number of nitrogens with zero attached hydrogens (tertiary/aromatic N) is 2. The van der Waals surface area contributed by atoms with Crippen molar-refractivity contribution in [2.24, 2.45) is 5.92 Å². The number of hydrogen-bond acceptors (Lipinski definition) is 2. The molecule has 2 heteroatoms. The topological polar surface area (TPSA) is 6.48 Å². The smallest absolute Gasteiger partial charge is 0.0223 e. The molecule has 0 aromatic rings. The lowest BCUT2D eigenvalue weighted by Crippen LogP contribution is -2.57. The predicted molar refractivity (Wildman–Crippen MR) is 72.2 cm³/mol. The second-order valence-electron chi connectivity index (χ2n) is 6.61. The molecule has 0 bridgehead atoms. The summed E-state index contributed by atoms with van der Waals surface area (Å²) in [6, 6.07) is 1.82. The van der Waals surface area contributed by atoms with E-state index in [1.165, 1.54) is 71.1 Å². The number of piperazine rings is 1. The SMILES string of the molecule is CC1CCCC(N2CCN3CCCCC3C2)C1. The fourth-order valence-corrected chi connectivity index (χ4v) is 4.25. The molecule has 0 aromatic carbocycles. The normalized spacial score (nSPS) is 41.1. The van der Waals surface area contributed by atoms with Crippen molar-refractivity contribution in [3.63, 3.8) is 0 Å². The lowest BCUT2D eigenvalue weighted by atomic mass is 9.85. The van der Waals surface area contributed by atoms with E-state index in [2.05, 4.69) is 16.7 Å². The van der Waals surface area contributed by atoms with Gasteiger partial charge in [0.1, 0.15) is 0 Å². The van der Waals surface area contributed by atoms with Gasteiger partial charge in [0.25, 0.3) is 0 Å². The van der Waals surface area contributed by atoms with Crippen molar-refractivity contribution in [3.05, 3.63) is 0 Å². The van der Waals surface area contributed by atoms with Gasteiger partial charge in [0.05, 0.1) is 0 Å². The Labute approximate surface area is 106 Å². The highest BCUT2D eigenvalue weighted by molar-refractivity contribution is 4.89. The van der Waals surface area contributed by atoms with Crippen LogP contribution in [0.5, 0.6) is 0 Å². The highest BCUT2D eigenvalue weighted by Crippen LogP contribution is 2.30. The molecule has 3 unspecified atom stereocenters. The molecule has 0 amide bonds. The number of piperidine rings is 1. The Hall–Kier alpha value is -0.0800. The second-order valence-corrected chi connectivity index (χ2v) is 6.61. The maximum Gasteiger partial charge on any atom is 0.0223 e. The van der Waals surface area contributed by atoms with Crippen LogP contribution in [0, 0.1) is 5.92 Å². The standard InChI is InChI=1S/C15H28N2/c1-13-5-4-7-14(11-13)17-10-9-16-8-3-2-6-15(16)12-17/h13-15H,2-12H2,1H3. The minimum Gasteiger partial charge on any atom is -0.298 e. The van der Waals surface area contributed by atoms with Crippen molar-refractivity contribution in [2.75, 3.05) is 26.2 Å². The predicted octanol–water partition coefficient (Wildman–Crippen LogP) is 2.74. The molecule has 3 aliphatic rings. The fourth-order valence-electron chi connectivity index (χ4n) is 4.25. The molecule has 17 heavy (non-hydrogen) atoms. The van der Waals surface area contributed by atoms with E-state index in [-0.39, 0.29) is 0 Å². The largest absolute Gasteiger partial charge is 0.298 e. The Morgan fingerprint density at radius 3 is 2.47 bits per heavy atom. The number of hydrogen-bond donors (Lipinski definition) is 0. The number of fused-ring (bicyclic) bond motifs is 1. The monoisotopic (exact) mass is 236 g/mol. The zero-order valence-electron chi connectivity index (χ0n) is 11.4. The molecule has 0 aromatic heterocycles. The molecular formula is C15H28N2. The zero-order chi connectivity index (χ0) is 11.7. The lowest BCUT2D eigenvalue weighted by Gasteiger charge is -2.48. The quantitative estimate of drug-likeness (QED) is 0.691. The first-order valence-corrected chi connectivity index (χ1v) is 7.81. The van der Waals surface area contributed by atoms with Gasteiger partial charge in [0.15, 0.2) is 0 Å². The molecule has 2 aliphatic heterocycles. The van der Waals surface area contributed by atoms with Gasteiger partial charge in [0, 0.05) is 31.7 Å². The van der Waals surface area contributed by atoms with Gasteiger partial charge < -0.3 is 0 Å². The van der Waals surface area contributed by atoms with Crippen LogP contribution in [0.3, 0.4) is 0 Å². The summed E-state index contributed by atoms with van der Waals surface area (Å²) in [7, 11) is 0. The minimum absolute atomic E-state index is 0.898. The molecule has 2 saturated heterocycles. The van der Waals surface area contributed by atoms with Crippen molar-refractivity contribution >= 4 is 0 Å². The molecule has 2 heterocycles. The van der Waals surface area contributed by atoms with Gasteiger partial charge in [-0.3, -0.25) is 9.80 Å². The van der Waals surface area contributed by atoms with Crippen molar-refractivity contribution < 1.29 is 0 Å². The van der Waals surface area contributed by atoms with E-state index < -0.39 is 0 Å². The summed E-state index contributed by atoms with van der Waals surface area (Å²) in [6.07, 6.45) is 10.2. The van der Waals surface area contributed by atoms with Gasteiger partial charge in [-0.05, 0) is 38.1 Å². The highest BCUT2D eigenvalue weighted by atomic mass is 15.3. The fraction of sp³-hybridized carbons (Fsp3) is 1.00. The van der Waals surface area contributed by atoms with Crippen LogP contribution in [0.15, 0.2) is 0 Å². The Kier molecular flexibility index (Phi) is 3.72. The summed E-state index contributed by atoms with van der Waals surface area (Å²) in [5.74, 6) is 0.970. The van der Waals surface area contributed by atoms with E-state index in [1.807, 2.05) is 0 Å². The van der Waals surface area contributed by atoms with E-state index in [9.17, 15) is 0 Å². The van der Waals surface area contributed by atoms with Crippen LogP contribution in [0.25, 0.3) is 0 Å². The Balaban J connectivity index is 1.57. The highest BCUT2D eigenvalue weighted by Gasteiger charge is 2.33. The van der Waals surface area contributed by atoms with Crippen molar-refractivity contribution in [3.8, 4) is 0 Å². The third-order valence-corrected chi connectivity index (χ3v) is 5.29. The average Bonchev–Trinajstić information content (AvgIpc) is 2.38. The van der Waals surface area contributed by atoms with Crippen LogP contribution in [-0.2, 0) is 0 Å². The van der Waals surface area contributed by atoms with E-state index in [1.54, 1.807) is 0 Å². The van der Waals surface area contributed by atoms with Gasteiger partial charge in [0.2, 0.25) is 0 Å². The second kappa shape index (κ2) is 5.27. The molecule has 1 aliphatic carbocycles. The van der Waals surface area contributed by atoms with Gasteiger partial charge in [-0.1, -0.05) is 26.2 Å². The first-order valence-electron chi connectivity index (χ1n) is 7.81. The van der Waals surface area contributed by atoms with Crippen molar-refractivity contribution in [2.45, 2.75) is 64.0 Å². The van der Waals surface area contributed by atoms with E-state index in [4.69, 9.17) is 0 Å². The summed E-state index contributed by atoms with van der Waals surface area (Å²) in [4.78, 5) is 5.59. The molecule has 3 fully saturated rings. The molecule has 3 rings (SSSR count). The molecule has 98 valence electrons. The van der Waals surface area contributed by atoms with Gasteiger partial charge in [-0.25, -0.2) is 0 Å². The maximum absolute atomic E-state index is 2.84. The van der Waals surface area contributed by atoms with Crippen LogP contribution in [0.4, 0.5) is 0 Å². The third-order valence-electron chi connectivity index (χ3n) is 5.29. The lowest BCUT2D eigenvalue weighted by molar-refractivity contribution is 0.0134. The summed E-state index contributed by atoms with van der Waals surface area (Å²) < 4.78 is 0. The van der Waals surface area contributed by atoms with Crippen molar-refractivity contribution in [1.82, 2.24) is 9.80 Å². The van der Waals surface area contributed by atoms with E-state index in [0.29, 0.717) is 0 Å². The summed E-state index contributed by atoms with van der Waals surface area (Å²) in [5, 5.41) is 0. The molecule has 3 atom stereocenters. The van der Waals surface area contributed by atoms with E-state index in [0.717, 1.165) is 18.0 Å². The Morgan fingerprint density at radius 1 is 0.765 bits per heavy atom. The van der Waals surface area contributed by atoms with Crippen LogP contribution < -0.4 is 0 Å². The number of rotatable bonds is 1. The van der Waals surface area contributed by atoms with Crippen LogP contribution in [0.1, 0.15) is 51.9 Å². The molecule has 0 spiro atoms. The molecule has 0 radical (unpaired) electrons.